The second-order valence-corrected chi connectivity index (χ2v) is 5.68. The molecule has 1 aromatic carbocycles. The second-order valence-electron chi connectivity index (χ2n) is 4.76. The predicted octanol–water partition coefficient (Wildman–Crippen LogP) is 3.67. The van der Waals surface area contributed by atoms with Gasteiger partial charge in [0.2, 0.25) is 0 Å². The van der Waals surface area contributed by atoms with Crippen molar-refractivity contribution in [2.45, 2.75) is 32.9 Å². The molecule has 1 atom stereocenters. The summed E-state index contributed by atoms with van der Waals surface area (Å²) in [7, 11) is 1.98. The Morgan fingerprint density at radius 3 is 2.79 bits per heavy atom. The Hall–Kier alpha value is -1.13. The van der Waals surface area contributed by atoms with Crippen molar-refractivity contribution in [1.29, 1.82) is 0 Å². The third-order valence-electron chi connectivity index (χ3n) is 3.16. The zero-order valence-corrected chi connectivity index (χ0v) is 13.2. The van der Waals surface area contributed by atoms with Crippen molar-refractivity contribution in [2.24, 2.45) is 0 Å². The van der Waals surface area contributed by atoms with E-state index in [1.54, 1.807) is 0 Å². The van der Waals surface area contributed by atoms with E-state index in [0.717, 1.165) is 23.3 Å². The average Bonchev–Trinajstić information content (AvgIpc) is 2.78. The van der Waals surface area contributed by atoms with Crippen LogP contribution in [0.5, 0.6) is 0 Å². The fourth-order valence-corrected chi connectivity index (χ4v) is 3.01. The summed E-state index contributed by atoms with van der Waals surface area (Å²) < 4.78 is 3.33. The number of imidazole rings is 1. The highest BCUT2D eigenvalue weighted by atomic mass is 79.9. The van der Waals surface area contributed by atoms with E-state index in [-0.39, 0.29) is 6.04 Å². The number of hydrogen-bond acceptors (Lipinski definition) is 2. The summed E-state index contributed by atoms with van der Waals surface area (Å²) in [6, 6.07) is 6.60. The number of hydrogen-bond donors (Lipinski definition) is 1. The van der Waals surface area contributed by atoms with E-state index < -0.39 is 0 Å². The average molecular weight is 322 g/mol. The molecule has 1 unspecified atom stereocenters. The van der Waals surface area contributed by atoms with Gasteiger partial charge in [-0.15, -0.1) is 0 Å². The predicted molar refractivity (Wildman–Crippen MR) is 82.3 cm³/mol. The second kappa shape index (κ2) is 6.35. The molecule has 3 nitrogen and oxygen atoms in total. The highest BCUT2D eigenvalue weighted by molar-refractivity contribution is 9.10. The van der Waals surface area contributed by atoms with Crippen molar-refractivity contribution in [3.8, 4) is 0 Å². The maximum atomic E-state index is 4.53. The van der Waals surface area contributed by atoms with Crippen molar-refractivity contribution in [3.05, 3.63) is 52.0 Å². The molecule has 19 heavy (non-hydrogen) atoms. The van der Waals surface area contributed by atoms with Crippen LogP contribution in [-0.4, -0.2) is 16.6 Å². The smallest absolute Gasteiger partial charge is 0.130 e. The van der Waals surface area contributed by atoms with Crippen LogP contribution in [0, 0.1) is 6.92 Å². The Kier molecular flexibility index (Phi) is 4.77. The molecule has 0 spiro atoms. The molecule has 2 rings (SSSR count). The summed E-state index contributed by atoms with van der Waals surface area (Å²) in [5.74, 6) is 1.07. The van der Waals surface area contributed by atoms with E-state index in [1.165, 1.54) is 11.1 Å². The number of aromatic nitrogens is 2. The van der Waals surface area contributed by atoms with Crippen LogP contribution in [0.3, 0.4) is 0 Å². The highest BCUT2D eigenvalue weighted by Gasteiger charge is 2.17. The van der Waals surface area contributed by atoms with Gasteiger partial charge in [-0.3, -0.25) is 0 Å². The van der Waals surface area contributed by atoms with Crippen LogP contribution < -0.4 is 5.32 Å². The van der Waals surface area contributed by atoms with Crippen LogP contribution in [-0.2, 0) is 6.54 Å². The monoisotopic (exact) mass is 321 g/mol. The first kappa shape index (κ1) is 14.3. The van der Waals surface area contributed by atoms with E-state index in [0.29, 0.717) is 0 Å². The van der Waals surface area contributed by atoms with Gasteiger partial charge in [0.05, 0.1) is 6.04 Å². The van der Waals surface area contributed by atoms with E-state index in [9.17, 15) is 0 Å². The van der Waals surface area contributed by atoms with Gasteiger partial charge in [-0.25, -0.2) is 4.98 Å². The number of rotatable bonds is 5. The van der Waals surface area contributed by atoms with Gasteiger partial charge < -0.3 is 9.88 Å². The summed E-state index contributed by atoms with van der Waals surface area (Å²) in [5.41, 5.74) is 2.48. The van der Waals surface area contributed by atoms with E-state index in [1.807, 2.05) is 19.4 Å². The standard InChI is InChI=1S/C15H20BrN3/c1-4-6-19-7-5-18-15(19)14(17-3)12-8-11(2)9-13(16)10-12/h5,7-10,14,17H,4,6H2,1-3H3. The van der Waals surface area contributed by atoms with Crippen molar-refractivity contribution >= 4 is 15.9 Å². The van der Waals surface area contributed by atoms with Crippen LogP contribution in [0.25, 0.3) is 0 Å². The lowest BCUT2D eigenvalue weighted by atomic mass is 10.0. The van der Waals surface area contributed by atoms with Gasteiger partial charge in [0.1, 0.15) is 5.82 Å². The lowest BCUT2D eigenvalue weighted by Crippen LogP contribution is -2.22. The van der Waals surface area contributed by atoms with Crippen molar-refractivity contribution in [1.82, 2.24) is 14.9 Å². The molecule has 1 N–H and O–H groups in total. The molecule has 0 bridgehead atoms. The molecule has 0 fully saturated rings. The minimum absolute atomic E-state index is 0.123. The van der Waals surface area contributed by atoms with E-state index in [4.69, 9.17) is 0 Å². The van der Waals surface area contributed by atoms with Gasteiger partial charge in [0, 0.05) is 23.4 Å². The Morgan fingerprint density at radius 1 is 1.37 bits per heavy atom. The fourth-order valence-electron chi connectivity index (χ4n) is 2.39. The summed E-state index contributed by atoms with van der Waals surface area (Å²) in [6.07, 6.45) is 5.03. The van der Waals surface area contributed by atoms with Crippen LogP contribution in [0.1, 0.15) is 36.3 Å². The largest absolute Gasteiger partial charge is 0.333 e. The molecular formula is C15H20BrN3. The lowest BCUT2D eigenvalue weighted by molar-refractivity contribution is 0.568. The Morgan fingerprint density at radius 2 is 2.16 bits per heavy atom. The number of halogens is 1. The van der Waals surface area contributed by atoms with Crippen LogP contribution in [0.15, 0.2) is 35.1 Å². The Bertz CT molecular complexity index is 528. The summed E-state index contributed by atoms with van der Waals surface area (Å²) >= 11 is 3.57. The van der Waals surface area contributed by atoms with Crippen molar-refractivity contribution in [3.63, 3.8) is 0 Å². The lowest BCUT2D eigenvalue weighted by Gasteiger charge is -2.19. The molecule has 1 aromatic heterocycles. The van der Waals surface area contributed by atoms with Gasteiger partial charge in [-0.2, -0.15) is 0 Å². The van der Waals surface area contributed by atoms with E-state index >= 15 is 0 Å². The minimum atomic E-state index is 0.123. The Balaban J connectivity index is 2.40. The molecule has 1 heterocycles. The third kappa shape index (κ3) is 3.25. The highest BCUT2D eigenvalue weighted by Crippen LogP contribution is 2.25. The number of nitrogens with zero attached hydrogens (tertiary/aromatic N) is 2. The normalized spacial score (nSPS) is 12.6. The maximum absolute atomic E-state index is 4.53. The van der Waals surface area contributed by atoms with Crippen LogP contribution in [0.2, 0.25) is 0 Å². The zero-order chi connectivity index (χ0) is 13.8. The summed E-state index contributed by atoms with van der Waals surface area (Å²) in [5, 5.41) is 3.37. The first-order valence-corrected chi connectivity index (χ1v) is 7.40. The number of nitrogens with one attached hydrogen (secondary N) is 1. The SMILES string of the molecule is CCCn1ccnc1C(NC)c1cc(C)cc(Br)c1. The molecule has 0 aliphatic heterocycles. The maximum Gasteiger partial charge on any atom is 0.130 e. The Labute approximate surface area is 123 Å². The molecule has 0 radical (unpaired) electrons. The molecule has 0 saturated carbocycles. The number of aryl methyl sites for hydroxylation is 2. The first-order valence-electron chi connectivity index (χ1n) is 6.61. The molecule has 4 heteroatoms. The number of benzene rings is 1. The van der Waals surface area contributed by atoms with Crippen LogP contribution >= 0.6 is 15.9 Å². The quantitative estimate of drug-likeness (QED) is 0.910. The van der Waals surface area contributed by atoms with Gasteiger partial charge in [0.15, 0.2) is 0 Å². The van der Waals surface area contributed by atoms with Gasteiger partial charge in [-0.05, 0) is 43.7 Å². The molecule has 0 aliphatic rings. The first-order chi connectivity index (χ1) is 9.15. The van der Waals surface area contributed by atoms with Gasteiger partial charge in [0.25, 0.3) is 0 Å². The zero-order valence-electron chi connectivity index (χ0n) is 11.7. The molecule has 0 amide bonds. The van der Waals surface area contributed by atoms with Gasteiger partial charge in [-0.1, -0.05) is 28.9 Å². The molecule has 0 saturated heterocycles. The topological polar surface area (TPSA) is 29.9 Å². The molecular weight excluding hydrogens is 302 g/mol. The summed E-state index contributed by atoms with van der Waals surface area (Å²) in [6.45, 7) is 5.29. The third-order valence-corrected chi connectivity index (χ3v) is 3.61. The molecule has 0 aliphatic carbocycles. The van der Waals surface area contributed by atoms with Crippen molar-refractivity contribution < 1.29 is 0 Å². The van der Waals surface area contributed by atoms with Crippen molar-refractivity contribution in [2.75, 3.05) is 7.05 Å². The van der Waals surface area contributed by atoms with Crippen LogP contribution in [0.4, 0.5) is 0 Å². The molecule has 102 valence electrons. The molecule has 2 aromatic rings. The minimum Gasteiger partial charge on any atom is -0.333 e. The van der Waals surface area contributed by atoms with E-state index in [2.05, 4.69) is 62.8 Å². The fraction of sp³-hybridized carbons (Fsp3) is 0.400. The summed E-state index contributed by atoms with van der Waals surface area (Å²) in [4.78, 5) is 4.53. The van der Waals surface area contributed by atoms with Gasteiger partial charge >= 0.3 is 0 Å².